The molecular weight excluding hydrogens is 430 g/mol. The van der Waals surface area contributed by atoms with Gasteiger partial charge in [0.15, 0.2) is 11.3 Å². The summed E-state index contributed by atoms with van der Waals surface area (Å²) in [6.07, 6.45) is 0. The van der Waals surface area contributed by atoms with E-state index in [4.69, 9.17) is 25.5 Å². The number of anilines is 1. The average Bonchev–Trinajstić information content (AvgIpc) is 2.78. The zero-order chi connectivity index (χ0) is 22.7. The minimum Gasteiger partial charge on any atom is -0.495 e. The Morgan fingerprint density at radius 1 is 1.03 bits per heavy atom. The number of methoxy groups -OCH3 is 2. The number of fused-ring (bicyclic) bond motifs is 1. The molecule has 0 aliphatic carbocycles. The van der Waals surface area contributed by atoms with Crippen molar-refractivity contribution in [3.05, 3.63) is 82.5 Å². The Morgan fingerprint density at radius 2 is 1.81 bits per heavy atom. The first-order chi connectivity index (χ1) is 15.5. The van der Waals surface area contributed by atoms with Crippen LogP contribution in [0.5, 0.6) is 11.5 Å². The van der Waals surface area contributed by atoms with Gasteiger partial charge in [-0.1, -0.05) is 29.8 Å². The predicted octanol–water partition coefficient (Wildman–Crippen LogP) is 5.29. The highest BCUT2D eigenvalue weighted by Crippen LogP contribution is 2.29. The molecule has 0 spiro atoms. The Balaban J connectivity index is 1.88. The van der Waals surface area contributed by atoms with Gasteiger partial charge in [0.2, 0.25) is 5.55 Å². The highest BCUT2D eigenvalue weighted by atomic mass is 35.5. The fourth-order valence-corrected chi connectivity index (χ4v) is 3.42. The maximum Gasteiger partial charge on any atom is 0.262 e. The van der Waals surface area contributed by atoms with E-state index in [2.05, 4.69) is 15.3 Å². The second-order valence-corrected chi connectivity index (χ2v) is 7.30. The number of para-hydroxylation sites is 1. The molecule has 2 heterocycles. The van der Waals surface area contributed by atoms with Gasteiger partial charge in [0.05, 0.1) is 24.9 Å². The Labute approximate surface area is 189 Å². The van der Waals surface area contributed by atoms with Crippen LogP contribution in [0.2, 0.25) is 5.02 Å². The third-order valence-corrected chi connectivity index (χ3v) is 4.99. The summed E-state index contributed by atoms with van der Waals surface area (Å²) in [6.45, 7) is 1.85. The zero-order valence-electron chi connectivity index (χ0n) is 17.7. The van der Waals surface area contributed by atoms with E-state index in [9.17, 15) is 4.79 Å². The molecule has 0 unspecified atom stereocenters. The summed E-state index contributed by atoms with van der Waals surface area (Å²) in [6, 6.07) is 17.6. The molecule has 7 nitrogen and oxygen atoms in total. The number of halogens is 1. The third kappa shape index (κ3) is 4.43. The van der Waals surface area contributed by atoms with Crippen molar-refractivity contribution in [2.75, 3.05) is 19.5 Å². The van der Waals surface area contributed by atoms with Crippen molar-refractivity contribution in [2.45, 2.75) is 6.92 Å². The smallest absolute Gasteiger partial charge is 0.262 e. The summed E-state index contributed by atoms with van der Waals surface area (Å²) in [5, 5.41) is 3.88. The van der Waals surface area contributed by atoms with Gasteiger partial charge in [0.25, 0.3) is 5.91 Å². The molecule has 1 N–H and O–H groups in total. The lowest BCUT2D eigenvalue weighted by Gasteiger charge is -2.09. The van der Waals surface area contributed by atoms with Crippen LogP contribution in [0, 0.1) is 6.92 Å². The Hall–Kier alpha value is -3.84. The highest BCUT2D eigenvalue weighted by molar-refractivity contribution is 6.32. The lowest BCUT2D eigenvalue weighted by molar-refractivity contribution is 0.102. The summed E-state index contributed by atoms with van der Waals surface area (Å²) in [5.41, 5.74) is 2.10. The lowest BCUT2D eigenvalue weighted by atomic mass is 10.1. The van der Waals surface area contributed by atoms with Crippen LogP contribution < -0.4 is 20.3 Å². The fraction of sp³-hybridized carbons (Fsp3) is 0.125. The van der Waals surface area contributed by atoms with Gasteiger partial charge < -0.3 is 19.2 Å². The van der Waals surface area contributed by atoms with Crippen LogP contribution in [-0.2, 0) is 0 Å². The molecular formula is C24H20ClN3O4. The summed E-state index contributed by atoms with van der Waals surface area (Å²) < 4.78 is 16.6. The van der Waals surface area contributed by atoms with E-state index in [1.54, 1.807) is 43.5 Å². The number of benzene rings is 2. The lowest BCUT2D eigenvalue weighted by Crippen LogP contribution is -2.22. The number of carbonyl (C=O) groups is 1. The van der Waals surface area contributed by atoms with Crippen molar-refractivity contribution in [3.63, 3.8) is 0 Å². The first kappa shape index (κ1) is 21.4. The summed E-state index contributed by atoms with van der Waals surface area (Å²) in [7, 11) is 3.08. The van der Waals surface area contributed by atoms with Crippen LogP contribution in [0.15, 0.2) is 70.1 Å². The van der Waals surface area contributed by atoms with Crippen LogP contribution in [-0.4, -0.2) is 25.1 Å². The molecule has 1 amide bonds. The van der Waals surface area contributed by atoms with E-state index in [1.807, 2.05) is 31.2 Å². The molecule has 0 bridgehead atoms. The fourth-order valence-electron chi connectivity index (χ4n) is 3.17. The number of nitrogens with one attached hydrogen (secondary N) is 1. The van der Waals surface area contributed by atoms with Gasteiger partial charge in [0.1, 0.15) is 17.1 Å². The molecule has 0 radical (unpaired) electrons. The molecule has 0 aliphatic heterocycles. The van der Waals surface area contributed by atoms with Gasteiger partial charge in [-0.25, -0.2) is 9.98 Å². The first-order valence-electron chi connectivity index (χ1n) is 9.72. The summed E-state index contributed by atoms with van der Waals surface area (Å²) in [5.74, 6) is 1.07. The Kier molecular flexibility index (Phi) is 6.09. The van der Waals surface area contributed by atoms with E-state index >= 15 is 0 Å². The van der Waals surface area contributed by atoms with Gasteiger partial charge in [0, 0.05) is 11.1 Å². The Bertz CT molecular complexity index is 1380. The van der Waals surface area contributed by atoms with Gasteiger partial charge in [-0.15, -0.1) is 0 Å². The number of pyridine rings is 1. The number of aromatic nitrogens is 1. The van der Waals surface area contributed by atoms with Crippen LogP contribution in [0.4, 0.5) is 11.5 Å². The zero-order valence-corrected chi connectivity index (χ0v) is 18.4. The molecule has 0 saturated heterocycles. The molecule has 162 valence electrons. The highest BCUT2D eigenvalue weighted by Gasteiger charge is 2.16. The van der Waals surface area contributed by atoms with Crippen molar-refractivity contribution in [1.29, 1.82) is 0 Å². The first-order valence-corrected chi connectivity index (χ1v) is 10.1. The van der Waals surface area contributed by atoms with Gasteiger partial charge in [-0.2, -0.15) is 0 Å². The largest absolute Gasteiger partial charge is 0.495 e. The number of hydrogen-bond acceptors (Lipinski definition) is 6. The van der Waals surface area contributed by atoms with Crippen molar-refractivity contribution < 1.29 is 18.7 Å². The van der Waals surface area contributed by atoms with E-state index < -0.39 is 5.91 Å². The second-order valence-electron chi connectivity index (χ2n) is 6.89. The predicted molar refractivity (Wildman–Crippen MR) is 123 cm³/mol. The van der Waals surface area contributed by atoms with Crippen LogP contribution >= 0.6 is 11.6 Å². The number of nitrogens with zero attached hydrogens (tertiary/aromatic N) is 2. The van der Waals surface area contributed by atoms with Gasteiger partial charge in [-0.3, -0.25) is 4.79 Å². The molecule has 32 heavy (non-hydrogen) atoms. The summed E-state index contributed by atoms with van der Waals surface area (Å²) >= 11 is 6.24. The molecule has 0 aliphatic rings. The second kappa shape index (κ2) is 9.11. The maximum atomic E-state index is 13.2. The van der Waals surface area contributed by atoms with E-state index in [0.29, 0.717) is 39.0 Å². The molecule has 2 aromatic heterocycles. The molecule has 0 fully saturated rings. The number of hydrogen-bond donors (Lipinski definition) is 1. The molecule has 2 aromatic carbocycles. The van der Waals surface area contributed by atoms with E-state index in [1.165, 1.54) is 7.11 Å². The minimum atomic E-state index is -0.407. The number of rotatable bonds is 5. The molecule has 0 atom stereocenters. The number of ether oxygens (including phenoxy) is 2. The van der Waals surface area contributed by atoms with Crippen molar-refractivity contribution in [1.82, 2.24) is 4.98 Å². The monoisotopic (exact) mass is 449 g/mol. The SMILES string of the molecule is COc1ccc(N=c2oc3c(OC)cccc3cc2C(=O)Nc2cccc(C)n2)cc1Cl. The molecule has 8 heteroatoms. The van der Waals surface area contributed by atoms with E-state index in [0.717, 1.165) is 5.69 Å². The normalized spacial score (nSPS) is 11.4. The number of amides is 1. The number of carbonyl (C=O) groups excluding carboxylic acids is 1. The summed E-state index contributed by atoms with van der Waals surface area (Å²) in [4.78, 5) is 22.0. The van der Waals surface area contributed by atoms with Crippen molar-refractivity contribution >= 4 is 40.0 Å². The quantitative estimate of drug-likeness (QED) is 0.447. The van der Waals surface area contributed by atoms with Crippen LogP contribution in [0.25, 0.3) is 11.0 Å². The molecule has 4 aromatic rings. The standard InChI is InChI=1S/C24H20ClN3O4/c1-14-6-4-9-21(26-14)28-23(29)17-12-15-7-5-8-20(31-3)22(15)32-24(17)27-16-10-11-19(30-2)18(25)13-16/h4-13H,1-3H3,(H,26,28,29). The van der Waals surface area contributed by atoms with Crippen molar-refractivity contribution in [3.8, 4) is 11.5 Å². The number of aryl methyl sites for hydroxylation is 1. The van der Waals surface area contributed by atoms with Gasteiger partial charge >= 0.3 is 0 Å². The topological polar surface area (TPSA) is 86.0 Å². The molecule has 0 saturated carbocycles. The van der Waals surface area contributed by atoms with E-state index in [-0.39, 0.29) is 11.1 Å². The Morgan fingerprint density at radius 3 is 2.53 bits per heavy atom. The molecule has 4 rings (SSSR count). The average molecular weight is 450 g/mol. The van der Waals surface area contributed by atoms with Crippen molar-refractivity contribution in [2.24, 2.45) is 4.99 Å². The third-order valence-electron chi connectivity index (χ3n) is 4.70. The van der Waals surface area contributed by atoms with Gasteiger partial charge in [-0.05, 0) is 49.4 Å². The maximum absolute atomic E-state index is 13.2. The van der Waals surface area contributed by atoms with Crippen LogP contribution in [0.1, 0.15) is 16.1 Å². The minimum absolute atomic E-state index is 0.105. The van der Waals surface area contributed by atoms with Crippen LogP contribution in [0.3, 0.4) is 0 Å².